The molecule has 2 rings (SSSR count). The van der Waals surface area contributed by atoms with Gasteiger partial charge in [0.05, 0.1) is 5.60 Å². The van der Waals surface area contributed by atoms with E-state index in [1.807, 2.05) is 0 Å². The van der Waals surface area contributed by atoms with Gasteiger partial charge in [0.15, 0.2) is 0 Å². The zero-order chi connectivity index (χ0) is 14.4. The van der Waals surface area contributed by atoms with E-state index in [4.69, 9.17) is 0 Å². The van der Waals surface area contributed by atoms with Crippen LogP contribution in [0.25, 0.3) is 0 Å². The highest BCUT2D eigenvalue weighted by Crippen LogP contribution is 2.33. The predicted molar refractivity (Wildman–Crippen MR) is 83.6 cm³/mol. The number of aromatic nitrogens is 1. The Morgan fingerprint density at radius 2 is 2.10 bits per heavy atom. The van der Waals surface area contributed by atoms with Gasteiger partial charge in [0.2, 0.25) is 0 Å². The van der Waals surface area contributed by atoms with Crippen molar-refractivity contribution in [3.63, 3.8) is 0 Å². The average Bonchev–Trinajstić information content (AvgIpc) is 2.88. The standard InChI is InChI=1S/C17H30N2O/c1-3-10-19-11-7-16(13-19)12-18-14-17(20)8-5-15(4-2)6-9-17/h7,11,13,15,18,20H,3-6,8-10,12,14H2,1-2H3. The number of hydrogen-bond donors (Lipinski definition) is 2. The van der Waals surface area contributed by atoms with Crippen LogP contribution in [0.1, 0.15) is 57.9 Å². The van der Waals surface area contributed by atoms with Crippen molar-refractivity contribution >= 4 is 0 Å². The maximum Gasteiger partial charge on any atom is 0.0771 e. The van der Waals surface area contributed by atoms with Crippen LogP contribution in [0.2, 0.25) is 0 Å². The molecule has 1 fully saturated rings. The van der Waals surface area contributed by atoms with Gasteiger partial charge in [0.1, 0.15) is 0 Å². The topological polar surface area (TPSA) is 37.2 Å². The molecule has 1 heterocycles. The summed E-state index contributed by atoms with van der Waals surface area (Å²) in [5, 5.41) is 14.0. The fraction of sp³-hybridized carbons (Fsp3) is 0.765. The molecule has 1 aromatic rings. The lowest BCUT2D eigenvalue weighted by atomic mass is 9.78. The number of hydrogen-bond acceptors (Lipinski definition) is 2. The van der Waals surface area contributed by atoms with E-state index in [2.05, 4.69) is 42.2 Å². The number of nitrogens with zero attached hydrogens (tertiary/aromatic N) is 1. The van der Waals surface area contributed by atoms with Crippen LogP contribution in [0.5, 0.6) is 0 Å². The van der Waals surface area contributed by atoms with Gasteiger partial charge in [-0.15, -0.1) is 0 Å². The van der Waals surface area contributed by atoms with Gasteiger partial charge in [-0.3, -0.25) is 0 Å². The second-order valence-corrected chi connectivity index (χ2v) is 6.44. The van der Waals surface area contributed by atoms with Crippen molar-refractivity contribution in [1.82, 2.24) is 9.88 Å². The highest BCUT2D eigenvalue weighted by Gasteiger charge is 2.31. The van der Waals surface area contributed by atoms with Gasteiger partial charge < -0.3 is 15.0 Å². The Morgan fingerprint density at radius 3 is 2.75 bits per heavy atom. The fourth-order valence-electron chi connectivity index (χ4n) is 3.23. The molecule has 0 unspecified atom stereocenters. The lowest BCUT2D eigenvalue weighted by Gasteiger charge is -2.36. The first-order valence-corrected chi connectivity index (χ1v) is 8.23. The zero-order valence-corrected chi connectivity index (χ0v) is 13.1. The van der Waals surface area contributed by atoms with Crippen molar-refractivity contribution in [2.75, 3.05) is 6.54 Å². The van der Waals surface area contributed by atoms with Crippen molar-refractivity contribution in [2.45, 2.75) is 71.1 Å². The predicted octanol–water partition coefficient (Wildman–Crippen LogP) is 3.32. The van der Waals surface area contributed by atoms with Crippen LogP contribution in [-0.2, 0) is 13.1 Å². The number of aliphatic hydroxyl groups is 1. The second-order valence-electron chi connectivity index (χ2n) is 6.44. The summed E-state index contributed by atoms with van der Waals surface area (Å²) < 4.78 is 2.23. The molecule has 20 heavy (non-hydrogen) atoms. The maximum absolute atomic E-state index is 10.6. The maximum atomic E-state index is 10.6. The van der Waals surface area contributed by atoms with Gasteiger partial charge in [-0.2, -0.15) is 0 Å². The van der Waals surface area contributed by atoms with Gasteiger partial charge in [-0.05, 0) is 49.7 Å². The van der Waals surface area contributed by atoms with Gasteiger partial charge in [-0.1, -0.05) is 20.3 Å². The minimum atomic E-state index is -0.475. The van der Waals surface area contributed by atoms with Crippen molar-refractivity contribution in [2.24, 2.45) is 5.92 Å². The van der Waals surface area contributed by atoms with Crippen molar-refractivity contribution in [3.8, 4) is 0 Å². The first kappa shape index (κ1) is 15.6. The average molecular weight is 278 g/mol. The molecule has 2 N–H and O–H groups in total. The molecule has 3 nitrogen and oxygen atoms in total. The summed E-state index contributed by atoms with van der Waals surface area (Å²) >= 11 is 0. The van der Waals surface area contributed by atoms with Gasteiger partial charge in [-0.25, -0.2) is 0 Å². The largest absolute Gasteiger partial charge is 0.389 e. The molecule has 1 aromatic heterocycles. The van der Waals surface area contributed by atoms with Crippen LogP contribution >= 0.6 is 0 Å². The summed E-state index contributed by atoms with van der Waals surface area (Å²) in [6.45, 7) is 7.12. The van der Waals surface area contributed by atoms with E-state index in [0.717, 1.165) is 38.4 Å². The second kappa shape index (κ2) is 7.28. The quantitative estimate of drug-likeness (QED) is 0.803. The Kier molecular flexibility index (Phi) is 5.67. The first-order valence-electron chi connectivity index (χ1n) is 8.23. The van der Waals surface area contributed by atoms with E-state index in [9.17, 15) is 5.11 Å². The normalized spacial score (nSPS) is 26.9. The Balaban J connectivity index is 1.72. The molecule has 1 saturated carbocycles. The Hall–Kier alpha value is -0.800. The highest BCUT2D eigenvalue weighted by atomic mass is 16.3. The number of nitrogens with one attached hydrogen (secondary N) is 1. The first-order chi connectivity index (χ1) is 9.65. The van der Waals surface area contributed by atoms with Crippen molar-refractivity contribution in [1.29, 1.82) is 0 Å². The number of aryl methyl sites for hydroxylation is 1. The number of rotatable bonds is 7. The molecular formula is C17H30N2O. The van der Waals surface area contributed by atoms with E-state index in [0.29, 0.717) is 0 Å². The molecule has 0 radical (unpaired) electrons. The Morgan fingerprint density at radius 1 is 1.35 bits per heavy atom. The van der Waals surface area contributed by atoms with E-state index in [1.54, 1.807) is 0 Å². The molecule has 0 bridgehead atoms. The molecule has 1 aliphatic rings. The Labute approximate surface area is 123 Å². The molecule has 114 valence electrons. The summed E-state index contributed by atoms with van der Waals surface area (Å²) in [6.07, 6.45) is 11.0. The molecule has 3 heteroatoms. The molecule has 0 saturated heterocycles. The van der Waals surface area contributed by atoms with Crippen molar-refractivity contribution < 1.29 is 5.11 Å². The van der Waals surface area contributed by atoms with Crippen LogP contribution in [0.3, 0.4) is 0 Å². The van der Waals surface area contributed by atoms with Gasteiger partial charge >= 0.3 is 0 Å². The third-order valence-electron chi connectivity index (χ3n) is 4.69. The van der Waals surface area contributed by atoms with E-state index < -0.39 is 5.60 Å². The van der Waals surface area contributed by atoms with Crippen LogP contribution in [-0.4, -0.2) is 21.8 Å². The summed E-state index contributed by atoms with van der Waals surface area (Å²) in [5.74, 6) is 0.832. The summed E-state index contributed by atoms with van der Waals surface area (Å²) in [6, 6.07) is 2.17. The molecular weight excluding hydrogens is 248 g/mol. The van der Waals surface area contributed by atoms with Crippen LogP contribution in [0.15, 0.2) is 18.5 Å². The summed E-state index contributed by atoms with van der Waals surface area (Å²) in [7, 11) is 0. The Bertz CT molecular complexity index is 391. The fourth-order valence-corrected chi connectivity index (χ4v) is 3.23. The van der Waals surface area contributed by atoms with E-state index in [-0.39, 0.29) is 0 Å². The minimum absolute atomic E-state index is 0.475. The third kappa shape index (κ3) is 4.35. The lowest BCUT2D eigenvalue weighted by molar-refractivity contribution is -0.00881. The van der Waals surface area contributed by atoms with Gasteiger partial charge in [0.25, 0.3) is 0 Å². The smallest absolute Gasteiger partial charge is 0.0771 e. The van der Waals surface area contributed by atoms with Crippen LogP contribution in [0.4, 0.5) is 0 Å². The molecule has 0 amide bonds. The van der Waals surface area contributed by atoms with E-state index in [1.165, 1.54) is 31.2 Å². The monoisotopic (exact) mass is 278 g/mol. The van der Waals surface area contributed by atoms with Crippen molar-refractivity contribution in [3.05, 3.63) is 24.0 Å². The molecule has 1 aliphatic carbocycles. The van der Waals surface area contributed by atoms with E-state index >= 15 is 0 Å². The molecule has 0 atom stereocenters. The highest BCUT2D eigenvalue weighted by molar-refractivity contribution is 5.10. The SMILES string of the molecule is CCCn1ccc(CNCC2(O)CCC(CC)CC2)c1. The minimum Gasteiger partial charge on any atom is -0.389 e. The van der Waals surface area contributed by atoms with Crippen LogP contribution in [0, 0.1) is 5.92 Å². The summed E-state index contributed by atoms with van der Waals surface area (Å²) in [5.41, 5.74) is 0.835. The molecule has 0 aliphatic heterocycles. The lowest BCUT2D eigenvalue weighted by Crippen LogP contribution is -2.43. The molecule has 0 aromatic carbocycles. The van der Waals surface area contributed by atoms with Crippen LogP contribution < -0.4 is 5.32 Å². The third-order valence-corrected chi connectivity index (χ3v) is 4.69. The molecule has 0 spiro atoms. The summed E-state index contributed by atoms with van der Waals surface area (Å²) in [4.78, 5) is 0. The van der Waals surface area contributed by atoms with Gasteiger partial charge in [0, 0.05) is 32.0 Å². The zero-order valence-electron chi connectivity index (χ0n) is 13.1.